The zero-order valence-corrected chi connectivity index (χ0v) is 20.6. The molecule has 0 aliphatic carbocycles. The second kappa shape index (κ2) is 9.93. The van der Waals surface area contributed by atoms with Crippen molar-refractivity contribution in [3.63, 3.8) is 0 Å². The summed E-state index contributed by atoms with van der Waals surface area (Å²) in [7, 11) is -4.49. The topological polar surface area (TPSA) is 182 Å². The average Bonchev–Trinajstić information content (AvgIpc) is 2.91. The molecule has 0 heterocycles. The molecule has 39 heavy (non-hydrogen) atoms. The van der Waals surface area contributed by atoms with Crippen molar-refractivity contribution in [2.75, 3.05) is 0 Å². The van der Waals surface area contributed by atoms with Crippen LogP contribution in [0.3, 0.4) is 0 Å². The van der Waals surface area contributed by atoms with E-state index < -0.39 is 16.1 Å². The molecule has 0 unspecified atom stereocenters. The fourth-order valence-corrected chi connectivity index (χ4v) is 4.73. The minimum atomic E-state index is -4.49. The summed E-state index contributed by atoms with van der Waals surface area (Å²) in [5.74, 6) is -1.97. The molecule has 5 aromatic rings. The van der Waals surface area contributed by atoms with Gasteiger partial charge in [-0.25, -0.2) is 4.79 Å². The van der Waals surface area contributed by atoms with Gasteiger partial charge in [-0.05, 0) is 42.5 Å². The standard InChI is InChI=1S/C27H18N4O7S/c32-24-13-8-15(14-20(24)27(34)35)28-29-21-11-12-22(17-5-2-1-4-16(17)21)30-31-23-10-9-18-19(26(23)33)6-3-7-25(18)39(36,37)38/h1-14,32-33H,(H,34,35)(H,36,37,38). The number of hydrogen-bond acceptors (Lipinski definition) is 9. The summed E-state index contributed by atoms with van der Waals surface area (Å²) >= 11 is 0. The maximum atomic E-state index is 11.7. The molecule has 11 nitrogen and oxygen atoms in total. The zero-order valence-electron chi connectivity index (χ0n) is 19.8. The molecule has 0 saturated heterocycles. The first kappa shape index (κ1) is 25.4. The zero-order chi connectivity index (χ0) is 27.7. The van der Waals surface area contributed by atoms with Crippen molar-refractivity contribution in [1.82, 2.24) is 0 Å². The number of phenolic OH excluding ortho intramolecular Hbond substituents is 1. The first-order chi connectivity index (χ1) is 18.6. The van der Waals surface area contributed by atoms with Crippen LogP contribution < -0.4 is 0 Å². The van der Waals surface area contributed by atoms with Crippen LogP contribution in [0.5, 0.6) is 11.5 Å². The highest BCUT2D eigenvalue weighted by atomic mass is 32.2. The largest absolute Gasteiger partial charge is 0.507 e. The predicted octanol–water partition coefficient (Wildman–Crippen LogP) is 7.18. The Morgan fingerprint density at radius 2 is 1.23 bits per heavy atom. The Morgan fingerprint density at radius 3 is 1.87 bits per heavy atom. The summed E-state index contributed by atoms with van der Waals surface area (Å²) in [4.78, 5) is 10.9. The first-order valence-electron chi connectivity index (χ1n) is 11.3. The van der Waals surface area contributed by atoms with E-state index in [1.54, 1.807) is 36.4 Å². The normalized spacial score (nSPS) is 12.1. The number of aromatic hydroxyl groups is 2. The number of azo groups is 2. The number of carboxylic acids is 1. The third kappa shape index (κ3) is 5.01. The van der Waals surface area contributed by atoms with Crippen LogP contribution in [0.2, 0.25) is 0 Å². The number of phenols is 2. The van der Waals surface area contributed by atoms with Crippen molar-refractivity contribution in [2.45, 2.75) is 4.90 Å². The molecule has 0 saturated carbocycles. The average molecular weight is 543 g/mol. The lowest BCUT2D eigenvalue weighted by atomic mass is 10.1. The molecule has 5 aromatic carbocycles. The quantitative estimate of drug-likeness (QED) is 0.129. The third-order valence-corrected chi connectivity index (χ3v) is 6.79. The number of carbonyl (C=O) groups is 1. The number of nitrogens with zero attached hydrogens (tertiary/aromatic N) is 4. The van der Waals surface area contributed by atoms with Gasteiger partial charge in [0.2, 0.25) is 0 Å². The number of rotatable bonds is 6. The lowest BCUT2D eigenvalue weighted by molar-refractivity contribution is 0.0693. The van der Waals surface area contributed by atoms with E-state index in [1.807, 2.05) is 0 Å². The van der Waals surface area contributed by atoms with Crippen LogP contribution in [-0.2, 0) is 10.1 Å². The Morgan fingerprint density at radius 1 is 0.641 bits per heavy atom. The van der Waals surface area contributed by atoms with E-state index in [-0.39, 0.29) is 44.1 Å². The van der Waals surface area contributed by atoms with E-state index >= 15 is 0 Å². The van der Waals surface area contributed by atoms with E-state index in [0.29, 0.717) is 22.1 Å². The summed E-state index contributed by atoms with van der Waals surface area (Å²) < 4.78 is 32.8. The molecule has 0 spiro atoms. The van der Waals surface area contributed by atoms with Crippen LogP contribution in [0, 0.1) is 0 Å². The van der Waals surface area contributed by atoms with Gasteiger partial charge < -0.3 is 15.3 Å². The van der Waals surface area contributed by atoms with Gasteiger partial charge in [0.05, 0.1) is 17.1 Å². The number of hydrogen-bond donors (Lipinski definition) is 4. The Balaban J connectivity index is 1.51. The Kier molecular flexibility index (Phi) is 6.48. The molecule has 0 atom stereocenters. The monoisotopic (exact) mass is 542 g/mol. The lowest BCUT2D eigenvalue weighted by Crippen LogP contribution is -1.98. The lowest BCUT2D eigenvalue weighted by Gasteiger charge is -2.07. The van der Waals surface area contributed by atoms with Crippen LogP contribution in [0.25, 0.3) is 21.5 Å². The molecule has 0 aliphatic rings. The highest BCUT2D eigenvalue weighted by Crippen LogP contribution is 2.39. The molecule has 0 fully saturated rings. The van der Waals surface area contributed by atoms with Crippen LogP contribution in [0.15, 0.2) is 110 Å². The second-order valence-electron chi connectivity index (χ2n) is 8.32. The first-order valence-corrected chi connectivity index (χ1v) is 12.7. The predicted molar refractivity (Wildman–Crippen MR) is 143 cm³/mol. The highest BCUT2D eigenvalue weighted by Gasteiger charge is 2.17. The van der Waals surface area contributed by atoms with Crippen LogP contribution in [0.1, 0.15) is 10.4 Å². The molecule has 0 aromatic heterocycles. The summed E-state index contributed by atoms with van der Waals surface area (Å²) in [5, 5.41) is 48.0. The van der Waals surface area contributed by atoms with Crippen molar-refractivity contribution < 1.29 is 33.1 Å². The van der Waals surface area contributed by atoms with Crippen molar-refractivity contribution in [1.29, 1.82) is 0 Å². The van der Waals surface area contributed by atoms with Gasteiger partial charge in [0.1, 0.15) is 21.9 Å². The molecule has 0 aliphatic heterocycles. The molecule has 0 bridgehead atoms. The van der Waals surface area contributed by atoms with Gasteiger partial charge in [-0.15, -0.1) is 15.3 Å². The van der Waals surface area contributed by atoms with Crippen molar-refractivity contribution in [3.05, 3.63) is 90.5 Å². The molecule has 0 radical (unpaired) electrons. The number of benzene rings is 5. The van der Waals surface area contributed by atoms with Crippen molar-refractivity contribution in [3.8, 4) is 11.5 Å². The minimum Gasteiger partial charge on any atom is -0.507 e. The van der Waals surface area contributed by atoms with Gasteiger partial charge >= 0.3 is 5.97 Å². The Labute approximate surface area is 220 Å². The fourth-order valence-electron chi connectivity index (χ4n) is 4.03. The molecular formula is C27H18N4O7S. The summed E-state index contributed by atoms with van der Waals surface area (Å²) in [6.07, 6.45) is 0. The molecular weight excluding hydrogens is 524 g/mol. The fraction of sp³-hybridized carbons (Fsp3) is 0. The van der Waals surface area contributed by atoms with Gasteiger partial charge in [-0.2, -0.15) is 13.5 Å². The smallest absolute Gasteiger partial charge is 0.339 e. The van der Waals surface area contributed by atoms with Crippen LogP contribution in [-0.4, -0.2) is 34.3 Å². The molecule has 12 heteroatoms. The van der Waals surface area contributed by atoms with E-state index in [4.69, 9.17) is 0 Å². The summed E-state index contributed by atoms with van der Waals surface area (Å²) in [6, 6.07) is 21.3. The number of aromatic carboxylic acids is 1. The maximum absolute atomic E-state index is 11.7. The summed E-state index contributed by atoms with van der Waals surface area (Å²) in [5.41, 5.74) is 0.957. The minimum absolute atomic E-state index is 0.0874. The SMILES string of the molecule is O=C(O)c1cc(N=Nc2ccc(N=Nc3ccc4c(S(=O)(=O)O)cccc4c3O)c3ccccc23)ccc1O. The van der Waals surface area contributed by atoms with Gasteiger partial charge in [-0.1, -0.05) is 42.5 Å². The Hall–Kier alpha value is -5.20. The second-order valence-corrected chi connectivity index (χ2v) is 9.71. The third-order valence-electron chi connectivity index (χ3n) is 5.88. The van der Waals surface area contributed by atoms with E-state index in [9.17, 15) is 33.1 Å². The van der Waals surface area contributed by atoms with Gasteiger partial charge in [0.15, 0.2) is 5.75 Å². The Bertz CT molecular complexity index is 1950. The van der Waals surface area contributed by atoms with E-state index in [0.717, 1.165) is 0 Å². The van der Waals surface area contributed by atoms with Crippen molar-refractivity contribution in [2.24, 2.45) is 20.5 Å². The maximum Gasteiger partial charge on any atom is 0.339 e. The molecule has 0 amide bonds. The van der Waals surface area contributed by atoms with E-state index in [1.165, 1.54) is 48.5 Å². The van der Waals surface area contributed by atoms with Gasteiger partial charge in [0.25, 0.3) is 10.1 Å². The number of fused-ring (bicyclic) bond motifs is 2. The van der Waals surface area contributed by atoms with Crippen molar-refractivity contribution >= 4 is 60.4 Å². The van der Waals surface area contributed by atoms with Gasteiger partial charge in [-0.3, -0.25) is 4.55 Å². The summed E-state index contributed by atoms with van der Waals surface area (Å²) in [6.45, 7) is 0. The highest BCUT2D eigenvalue weighted by molar-refractivity contribution is 7.86. The number of carboxylic acid groups (broad SMARTS) is 1. The molecule has 5 rings (SSSR count). The molecule has 4 N–H and O–H groups in total. The van der Waals surface area contributed by atoms with Crippen LogP contribution >= 0.6 is 0 Å². The van der Waals surface area contributed by atoms with Crippen LogP contribution in [0.4, 0.5) is 22.7 Å². The van der Waals surface area contributed by atoms with E-state index in [2.05, 4.69) is 20.5 Å². The van der Waals surface area contributed by atoms with Gasteiger partial charge in [0, 0.05) is 21.5 Å². The molecule has 194 valence electrons.